The number of ether oxygens (including phenoxy) is 1. The molecule has 1 aliphatic rings. The van der Waals surface area contributed by atoms with Crippen molar-refractivity contribution in [2.45, 2.75) is 0 Å². The summed E-state index contributed by atoms with van der Waals surface area (Å²) in [6.45, 7) is 2.62. The van der Waals surface area contributed by atoms with E-state index < -0.39 is 0 Å². The van der Waals surface area contributed by atoms with Crippen molar-refractivity contribution in [3.8, 4) is 12.1 Å². The van der Waals surface area contributed by atoms with Crippen molar-refractivity contribution in [3.05, 3.63) is 0 Å². The monoisotopic (exact) mass is 236 g/mol. The summed E-state index contributed by atoms with van der Waals surface area (Å²) < 4.78 is 6.97. The Balaban J connectivity index is 2.76. The average Bonchev–Trinajstić information content (AvgIpc) is 2.35. The third-order valence-electron chi connectivity index (χ3n) is 2.09. The highest BCUT2D eigenvalue weighted by molar-refractivity contribution is 6.10. The topological polar surface area (TPSA) is 84.7 Å². The summed E-state index contributed by atoms with van der Waals surface area (Å²) >= 11 is 0. The van der Waals surface area contributed by atoms with Gasteiger partial charge in [0.1, 0.15) is 25.2 Å². The van der Waals surface area contributed by atoms with E-state index in [1.807, 2.05) is 4.90 Å². The van der Waals surface area contributed by atoms with E-state index in [-0.39, 0.29) is 5.71 Å². The van der Waals surface area contributed by atoms with Crippen molar-refractivity contribution in [2.24, 2.45) is 5.16 Å². The molecule has 1 aliphatic heterocycles. The Labute approximate surface area is 99.7 Å². The first kappa shape index (κ1) is 12.9. The van der Waals surface area contributed by atoms with Crippen molar-refractivity contribution in [1.29, 1.82) is 10.5 Å². The van der Waals surface area contributed by atoms with Crippen LogP contribution in [0.5, 0.6) is 0 Å². The van der Waals surface area contributed by atoms with Crippen LogP contribution in [0.3, 0.4) is 0 Å². The molecule has 17 heavy (non-hydrogen) atoms. The number of nitriles is 2. The molecule has 1 rings (SSSR count). The first-order chi connectivity index (χ1) is 8.19. The normalized spacial score (nSPS) is 14.2. The van der Waals surface area contributed by atoms with Gasteiger partial charge >= 0.3 is 6.02 Å². The second kappa shape index (κ2) is 6.46. The molecule has 0 amide bonds. The molecule has 0 unspecified atom stereocenters. The zero-order valence-electron chi connectivity index (χ0n) is 9.88. The van der Waals surface area contributed by atoms with Gasteiger partial charge in [0.15, 0.2) is 0 Å². The third-order valence-corrected chi connectivity index (χ3v) is 2.09. The SMILES string of the molecule is C[N+](C)=C(ON=C(C#N)C#N)N1CCOCC1. The number of amidine groups is 1. The van der Waals surface area contributed by atoms with Crippen LogP contribution < -0.4 is 0 Å². The van der Waals surface area contributed by atoms with Crippen LogP contribution in [-0.4, -0.2) is 61.6 Å². The molecule has 0 aliphatic carbocycles. The minimum Gasteiger partial charge on any atom is -0.373 e. The van der Waals surface area contributed by atoms with E-state index in [2.05, 4.69) is 5.16 Å². The molecule has 1 fully saturated rings. The van der Waals surface area contributed by atoms with Gasteiger partial charge in [0.2, 0.25) is 0 Å². The molecule has 0 aromatic heterocycles. The van der Waals surface area contributed by atoms with Crippen LogP contribution in [0, 0.1) is 22.7 Å². The number of rotatable bonds is 1. The summed E-state index contributed by atoms with van der Waals surface area (Å²) in [5.41, 5.74) is -0.308. The summed E-state index contributed by atoms with van der Waals surface area (Å²) in [6, 6.07) is 3.77. The Hall–Kier alpha value is -2.12. The Bertz CT molecular complexity index is 389. The molecule has 90 valence electrons. The number of morpholine rings is 1. The van der Waals surface area contributed by atoms with Crippen molar-refractivity contribution in [1.82, 2.24) is 4.90 Å². The van der Waals surface area contributed by atoms with Crippen LogP contribution in [0.1, 0.15) is 0 Å². The van der Waals surface area contributed by atoms with Gasteiger partial charge in [-0.05, 0) is 5.16 Å². The van der Waals surface area contributed by atoms with Gasteiger partial charge in [-0.25, -0.2) is 9.48 Å². The molecule has 0 aromatic rings. The molecule has 0 aromatic carbocycles. The lowest BCUT2D eigenvalue weighted by molar-refractivity contribution is -0.481. The second-order valence-corrected chi connectivity index (χ2v) is 3.53. The smallest absolute Gasteiger partial charge is 0.373 e. The van der Waals surface area contributed by atoms with Crippen LogP contribution in [0.25, 0.3) is 0 Å². The van der Waals surface area contributed by atoms with Crippen LogP contribution >= 0.6 is 0 Å². The lowest BCUT2D eigenvalue weighted by Crippen LogP contribution is -2.44. The first-order valence-corrected chi connectivity index (χ1v) is 5.11. The van der Waals surface area contributed by atoms with E-state index in [1.165, 1.54) is 0 Å². The van der Waals surface area contributed by atoms with Crippen molar-refractivity contribution in [2.75, 3.05) is 40.4 Å². The number of oxime groups is 1. The van der Waals surface area contributed by atoms with Crippen LogP contribution in [0.2, 0.25) is 0 Å². The molecular weight excluding hydrogens is 222 g/mol. The summed E-state index contributed by atoms with van der Waals surface area (Å²) in [4.78, 5) is 7.09. The fraction of sp³-hybridized carbons (Fsp3) is 0.600. The van der Waals surface area contributed by atoms with E-state index in [1.54, 1.807) is 30.8 Å². The largest absolute Gasteiger partial charge is 0.472 e. The van der Waals surface area contributed by atoms with E-state index >= 15 is 0 Å². The van der Waals surface area contributed by atoms with Gasteiger partial charge < -0.3 is 4.74 Å². The molecule has 0 spiro atoms. The fourth-order valence-electron chi connectivity index (χ4n) is 1.33. The molecular formula is C10H14N5O2+. The predicted molar refractivity (Wildman–Crippen MR) is 59.3 cm³/mol. The van der Waals surface area contributed by atoms with Gasteiger partial charge in [-0.3, -0.25) is 4.84 Å². The molecule has 1 heterocycles. The molecule has 0 saturated carbocycles. The molecule has 7 heteroatoms. The zero-order chi connectivity index (χ0) is 12.7. The lowest BCUT2D eigenvalue weighted by atomic mass is 10.4. The Morgan fingerprint density at radius 2 is 1.88 bits per heavy atom. The van der Waals surface area contributed by atoms with Gasteiger partial charge in [-0.2, -0.15) is 10.5 Å². The molecule has 0 N–H and O–H groups in total. The summed E-state index contributed by atoms with van der Waals surface area (Å²) in [6.07, 6.45) is 0. The molecule has 0 atom stereocenters. The second-order valence-electron chi connectivity index (χ2n) is 3.53. The fourth-order valence-corrected chi connectivity index (χ4v) is 1.33. The van der Waals surface area contributed by atoms with Crippen molar-refractivity contribution < 1.29 is 14.1 Å². The highest BCUT2D eigenvalue weighted by Crippen LogP contribution is 2.00. The maximum Gasteiger partial charge on any atom is 0.472 e. The van der Waals surface area contributed by atoms with E-state index in [4.69, 9.17) is 20.1 Å². The zero-order valence-corrected chi connectivity index (χ0v) is 9.88. The van der Waals surface area contributed by atoms with Crippen LogP contribution in [0.4, 0.5) is 0 Å². The van der Waals surface area contributed by atoms with Gasteiger partial charge in [-0.15, -0.1) is 0 Å². The summed E-state index contributed by atoms with van der Waals surface area (Å²) in [7, 11) is 3.61. The number of nitrogens with zero attached hydrogens (tertiary/aromatic N) is 5. The minimum atomic E-state index is -0.308. The molecule has 1 saturated heterocycles. The van der Waals surface area contributed by atoms with Crippen molar-refractivity contribution >= 4 is 11.7 Å². The Morgan fingerprint density at radius 1 is 1.29 bits per heavy atom. The van der Waals surface area contributed by atoms with E-state index in [9.17, 15) is 0 Å². The van der Waals surface area contributed by atoms with Gasteiger partial charge in [0, 0.05) is 0 Å². The molecule has 7 nitrogen and oxygen atoms in total. The van der Waals surface area contributed by atoms with E-state index in [0.717, 1.165) is 0 Å². The highest BCUT2D eigenvalue weighted by Gasteiger charge is 2.25. The minimum absolute atomic E-state index is 0.308. The quantitative estimate of drug-likeness (QED) is 0.262. The molecule has 0 bridgehead atoms. The van der Waals surface area contributed by atoms with Gasteiger partial charge in [0.05, 0.1) is 27.3 Å². The van der Waals surface area contributed by atoms with Crippen LogP contribution in [0.15, 0.2) is 5.16 Å². The number of hydrogen-bond acceptors (Lipinski definition) is 5. The van der Waals surface area contributed by atoms with Crippen LogP contribution in [-0.2, 0) is 9.57 Å². The standard InChI is InChI=1S/C10H14N5O2/c1-14(2)10(15-3-5-16-6-4-15)17-13-9(7-11)8-12/h3-6H2,1-2H3/q+1. The highest BCUT2D eigenvalue weighted by atomic mass is 16.7. The Morgan fingerprint density at radius 3 is 2.35 bits per heavy atom. The maximum atomic E-state index is 8.55. The van der Waals surface area contributed by atoms with E-state index in [0.29, 0.717) is 32.3 Å². The van der Waals surface area contributed by atoms with Crippen molar-refractivity contribution in [3.63, 3.8) is 0 Å². The predicted octanol–water partition coefficient (Wildman–Crippen LogP) is -0.634. The average molecular weight is 236 g/mol. The van der Waals surface area contributed by atoms with Gasteiger partial charge in [-0.1, -0.05) is 0 Å². The number of hydrogen-bond donors (Lipinski definition) is 0. The maximum absolute atomic E-state index is 8.55. The summed E-state index contributed by atoms with van der Waals surface area (Å²) in [5, 5.41) is 20.6. The lowest BCUT2D eigenvalue weighted by Gasteiger charge is -2.21. The first-order valence-electron chi connectivity index (χ1n) is 5.11. The third kappa shape index (κ3) is 3.74. The summed E-state index contributed by atoms with van der Waals surface area (Å²) in [5.74, 6) is 0. The molecule has 0 radical (unpaired) electrons. The van der Waals surface area contributed by atoms with Gasteiger partial charge in [0.25, 0.3) is 5.71 Å². The Kier molecular flexibility index (Phi) is 4.92.